The number of anilines is 6. The zero-order valence-corrected chi connectivity index (χ0v) is 30.9. The van der Waals surface area contributed by atoms with E-state index in [1.165, 1.54) is 33.0 Å². The summed E-state index contributed by atoms with van der Waals surface area (Å²) < 4.78 is 14.6. The predicted molar refractivity (Wildman–Crippen MR) is 230 cm³/mol. The van der Waals surface area contributed by atoms with Gasteiger partial charge in [0.15, 0.2) is 5.82 Å². The molecule has 9 aromatic carbocycles. The monoisotopic (exact) mass is 722 g/mol. The largest absolute Gasteiger partial charge is 0.309 e. The molecular formula is C51H35FN4. The van der Waals surface area contributed by atoms with Crippen molar-refractivity contribution >= 4 is 77.6 Å². The summed E-state index contributed by atoms with van der Waals surface area (Å²) in [5.41, 5.74) is 11.6. The first kappa shape index (κ1) is 32.3. The molecular weight excluding hydrogens is 688 g/mol. The topological polar surface area (TPSA) is 32.3 Å². The number of benzene rings is 9. The van der Waals surface area contributed by atoms with E-state index in [0.717, 1.165) is 66.8 Å². The fraction of sp³-hybridized carbons (Fsp3) is 0.0588. The molecule has 1 heterocycles. The highest BCUT2D eigenvalue weighted by atomic mass is 19.1. The van der Waals surface area contributed by atoms with Crippen molar-refractivity contribution in [2.24, 2.45) is 0 Å². The Morgan fingerprint density at radius 1 is 0.482 bits per heavy atom. The maximum atomic E-state index is 14.6. The van der Waals surface area contributed by atoms with Crippen LogP contribution in [-0.4, -0.2) is 9.97 Å². The van der Waals surface area contributed by atoms with Crippen molar-refractivity contribution in [3.8, 4) is 11.1 Å². The summed E-state index contributed by atoms with van der Waals surface area (Å²) in [7, 11) is 0. The second kappa shape index (κ2) is 12.2. The lowest BCUT2D eigenvalue weighted by Gasteiger charge is -2.30. The van der Waals surface area contributed by atoms with Crippen molar-refractivity contribution in [3.05, 3.63) is 193 Å². The molecule has 5 heteroatoms. The zero-order chi connectivity index (χ0) is 37.5. The number of hydrogen-bond donors (Lipinski definition) is 0. The standard InChI is InChI=1S/C51H35FN4/c1-51(2)40-14-7-6-13-37(40)50-41(51)15-10-18-46(50)55(36-25-23-34(52)24-26-36)44-29-21-32-20-28-39-45(30-22-33-19-27-38(44)48(32)49(33)39)56(35-11-4-3-5-12-35)47-31-53-42-16-8-9-17-43(42)54-47/h3-31H,1-2H3. The lowest BCUT2D eigenvalue weighted by atomic mass is 9.82. The molecule has 0 bridgehead atoms. The normalized spacial score (nSPS) is 13.1. The van der Waals surface area contributed by atoms with Gasteiger partial charge in [0, 0.05) is 33.1 Å². The Hall–Kier alpha value is -7.11. The molecule has 0 radical (unpaired) electrons. The van der Waals surface area contributed by atoms with Gasteiger partial charge in [-0.1, -0.05) is 117 Å². The summed E-state index contributed by atoms with van der Waals surface area (Å²) >= 11 is 0. The smallest absolute Gasteiger partial charge is 0.156 e. The molecule has 0 saturated heterocycles. The predicted octanol–water partition coefficient (Wildman–Crippen LogP) is 13.9. The molecule has 0 aliphatic heterocycles. The van der Waals surface area contributed by atoms with E-state index in [4.69, 9.17) is 9.97 Å². The molecule has 1 aliphatic rings. The highest BCUT2D eigenvalue weighted by Crippen LogP contribution is 2.55. The first-order valence-electron chi connectivity index (χ1n) is 19.0. The van der Waals surface area contributed by atoms with Crippen molar-refractivity contribution in [1.29, 1.82) is 0 Å². The molecule has 0 fully saturated rings. The van der Waals surface area contributed by atoms with Gasteiger partial charge in [-0.2, -0.15) is 0 Å². The lowest BCUT2D eigenvalue weighted by Crippen LogP contribution is -2.16. The minimum absolute atomic E-state index is 0.171. The third kappa shape index (κ3) is 4.77. The molecule has 266 valence electrons. The lowest BCUT2D eigenvalue weighted by molar-refractivity contribution is 0.628. The fourth-order valence-electron chi connectivity index (χ4n) is 9.11. The van der Waals surface area contributed by atoms with E-state index in [-0.39, 0.29) is 11.2 Å². The molecule has 56 heavy (non-hydrogen) atoms. The van der Waals surface area contributed by atoms with Crippen LogP contribution in [-0.2, 0) is 5.41 Å². The summed E-state index contributed by atoms with van der Waals surface area (Å²) in [5, 5.41) is 6.89. The molecule has 0 unspecified atom stereocenters. The molecule has 11 rings (SSSR count). The van der Waals surface area contributed by atoms with Gasteiger partial charge >= 0.3 is 0 Å². The highest BCUT2D eigenvalue weighted by molar-refractivity contribution is 6.28. The minimum Gasteiger partial charge on any atom is -0.309 e. The molecule has 0 amide bonds. The summed E-state index contributed by atoms with van der Waals surface area (Å²) in [5.74, 6) is 0.481. The van der Waals surface area contributed by atoms with Gasteiger partial charge in [-0.25, -0.2) is 9.37 Å². The molecule has 0 atom stereocenters. The Morgan fingerprint density at radius 2 is 1.07 bits per heavy atom. The molecule has 1 aromatic heterocycles. The Labute approximate surface area is 324 Å². The van der Waals surface area contributed by atoms with E-state index in [1.807, 2.05) is 48.7 Å². The van der Waals surface area contributed by atoms with Crippen LogP contribution in [0, 0.1) is 5.82 Å². The van der Waals surface area contributed by atoms with Crippen molar-refractivity contribution in [2.75, 3.05) is 9.80 Å². The van der Waals surface area contributed by atoms with Crippen molar-refractivity contribution in [3.63, 3.8) is 0 Å². The van der Waals surface area contributed by atoms with Gasteiger partial charge in [-0.15, -0.1) is 0 Å². The Balaban J connectivity index is 1.18. The number of para-hydroxylation sites is 3. The van der Waals surface area contributed by atoms with Crippen molar-refractivity contribution in [2.45, 2.75) is 19.3 Å². The summed E-state index contributed by atoms with van der Waals surface area (Å²) in [6, 6.07) is 58.4. The van der Waals surface area contributed by atoms with Crippen LogP contribution in [0.2, 0.25) is 0 Å². The first-order valence-corrected chi connectivity index (χ1v) is 19.0. The Kier molecular flexibility index (Phi) is 7.05. The molecule has 0 saturated carbocycles. The average molecular weight is 723 g/mol. The van der Waals surface area contributed by atoms with Crippen LogP contribution in [0.3, 0.4) is 0 Å². The van der Waals surface area contributed by atoms with Crippen LogP contribution in [0.1, 0.15) is 25.0 Å². The maximum Gasteiger partial charge on any atom is 0.156 e. The number of hydrogen-bond acceptors (Lipinski definition) is 4. The first-order chi connectivity index (χ1) is 27.5. The molecule has 0 spiro atoms. The molecule has 0 N–H and O–H groups in total. The van der Waals surface area contributed by atoms with E-state index in [1.54, 1.807) is 12.1 Å². The highest BCUT2D eigenvalue weighted by Gasteiger charge is 2.38. The number of fused-ring (bicyclic) bond motifs is 4. The number of halogens is 1. The fourth-order valence-corrected chi connectivity index (χ4v) is 9.11. The maximum absolute atomic E-state index is 14.6. The summed E-state index contributed by atoms with van der Waals surface area (Å²) in [6.45, 7) is 4.61. The second-order valence-corrected chi connectivity index (χ2v) is 15.2. The number of aromatic nitrogens is 2. The van der Waals surface area contributed by atoms with Gasteiger partial charge in [0.1, 0.15) is 5.82 Å². The van der Waals surface area contributed by atoms with Gasteiger partial charge in [0.2, 0.25) is 0 Å². The Bertz CT molecular complexity index is 3140. The average Bonchev–Trinajstić information content (AvgIpc) is 3.48. The zero-order valence-electron chi connectivity index (χ0n) is 30.9. The van der Waals surface area contributed by atoms with E-state index in [9.17, 15) is 4.39 Å². The Morgan fingerprint density at radius 3 is 1.80 bits per heavy atom. The molecule has 4 nitrogen and oxygen atoms in total. The van der Waals surface area contributed by atoms with Crippen molar-refractivity contribution in [1.82, 2.24) is 9.97 Å². The third-order valence-electron chi connectivity index (χ3n) is 11.7. The van der Waals surface area contributed by atoms with Crippen LogP contribution < -0.4 is 9.80 Å². The van der Waals surface area contributed by atoms with Crippen LogP contribution in [0.5, 0.6) is 0 Å². The van der Waals surface area contributed by atoms with Gasteiger partial charge in [-0.3, -0.25) is 9.88 Å². The van der Waals surface area contributed by atoms with Crippen LogP contribution in [0.4, 0.5) is 38.6 Å². The SMILES string of the molecule is CC1(C)c2ccccc2-c2c(N(c3ccc(F)cc3)c3ccc4ccc5c(N(c6ccccc6)c6cnc7ccccc7n6)ccc6ccc3c4c65)cccc21. The summed E-state index contributed by atoms with van der Waals surface area (Å²) in [6.07, 6.45) is 1.86. The van der Waals surface area contributed by atoms with Crippen LogP contribution >= 0.6 is 0 Å². The van der Waals surface area contributed by atoms with E-state index < -0.39 is 0 Å². The second-order valence-electron chi connectivity index (χ2n) is 15.2. The van der Waals surface area contributed by atoms with Gasteiger partial charge in [-0.05, 0) is 105 Å². The van der Waals surface area contributed by atoms with Crippen molar-refractivity contribution < 1.29 is 4.39 Å². The minimum atomic E-state index is -0.263. The summed E-state index contributed by atoms with van der Waals surface area (Å²) in [4.78, 5) is 14.5. The van der Waals surface area contributed by atoms with Crippen LogP contribution in [0.25, 0.3) is 54.5 Å². The number of nitrogens with zero attached hydrogens (tertiary/aromatic N) is 4. The van der Waals surface area contributed by atoms with Gasteiger partial charge in [0.25, 0.3) is 0 Å². The van der Waals surface area contributed by atoms with E-state index >= 15 is 0 Å². The van der Waals surface area contributed by atoms with E-state index in [0.29, 0.717) is 0 Å². The number of rotatable bonds is 6. The quantitative estimate of drug-likeness (QED) is 0.160. The third-order valence-corrected chi connectivity index (χ3v) is 11.7. The van der Waals surface area contributed by atoms with Crippen LogP contribution in [0.15, 0.2) is 176 Å². The van der Waals surface area contributed by atoms with Gasteiger partial charge < -0.3 is 4.90 Å². The van der Waals surface area contributed by atoms with Gasteiger partial charge in [0.05, 0.1) is 34.3 Å². The van der Waals surface area contributed by atoms with E-state index in [2.05, 4.69) is 139 Å². The molecule has 10 aromatic rings. The molecule has 1 aliphatic carbocycles.